The van der Waals surface area contributed by atoms with Crippen molar-refractivity contribution in [2.75, 3.05) is 92.1 Å². The predicted octanol–water partition coefficient (Wildman–Crippen LogP) is 0.686. The first-order valence-electron chi connectivity index (χ1n) is 21.2. The third-order valence-electron chi connectivity index (χ3n) is 9.58. The van der Waals surface area contributed by atoms with Crippen LogP contribution >= 0.6 is 23.0 Å². The van der Waals surface area contributed by atoms with Gasteiger partial charge < -0.3 is 65.8 Å². The zero-order valence-electron chi connectivity index (χ0n) is 34.8. The lowest BCUT2D eigenvalue weighted by Gasteiger charge is -2.34. The van der Waals surface area contributed by atoms with Crippen LogP contribution in [0.25, 0.3) is 0 Å². The normalized spacial score (nSPS) is 15.4. The molecule has 0 unspecified atom stereocenters. The van der Waals surface area contributed by atoms with Crippen molar-refractivity contribution in [3.8, 4) is 0 Å². The van der Waals surface area contributed by atoms with Gasteiger partial charge in [-0.05, 0) is 58.2 Å². The maximum Gasteiger partial charge on any atom is 0.222 e. The van der Waals surface area contributed by atoms with Gasteiger partial charge >= 0.3 is 0 Å². The van der Waals surface area contributed by atoms with E-state index in [1.54, 1.807) is 4.90 Å². The number of β-amino-alcohol motifs (C(OH)–C–C–N with tert-alkyl or cyclic N) is 1. The molecule has 0 aromatic rings. The Labute approximate surface area is 359 Å². The highest BCUT2D eigenvalue weighted by Gasteiger charge is 2.35. The number of likely N-dealkylation sites (tertiary alicyclic amines) is 1. The maximum atomic E-state index is 13.4. The summed E-state index contributed by atoms with van der Waals surface area (Å²) in [6.45, 7) is 3.82. The summed E-state index contributed by atoms with van der Waals surface area (Å²) in [6, 6.07) is -0.0582. The van der Waals surface area contributed by atoms with E-state index < -0.39 is 11.6 Å². The average molecular weight is 943 g/mol. The van der Waals surface area contributed by atoms with Crippen molar-refractivity contribution in [1.29, 1.82) is 0 Å². The molecule has 1 rings (SSSR count). The van der Waals surface area contributed by atoms with Crippen molar-refractivity contribution in [2.24, 2.45) is 17.2 Å². The summed E-state index contributed by atoms with van der Waals surface area (Å²) >= 11 is 1.82. The summed E-state index contributed by atoms with van der Waals surface area (Å²) in [5.41, 5.74) is 15.4. The van der Waals surface area contributed by atoms with Gasteiger partial charge in [-0.3, -0.25) is 24.0 Å². The molecule has 5 amide bonds. The Bertz CT molecular complexity index is 1050. The van der Waals surface area contributed by atoms with Gasteiger partial charge in [0.2, 0.25) is 29.5 Å². The van der Waals surface area contributed by atoms with Crippen molar-refractivity contribution < 1.29 is 46.4 Å². The average Bonchev–Trinajstić information content (AvgIpc) is 3.57. The van der Waals surface area contributed by atoms with Gasteiger partial charge in [-0.25, -0.2) is 0 Å². The molecule has 1 saturated heterocycles. The van der Waals surface area contributed by atoms with E-state index in [9.17, 15) is 29.1 Å². The third-order valence-corrected chi connectivity index (χ3v) is 9.94. The Kier molecular flexibility index (Phi) is 32.9. The summed E-state index contributed by atoms with van der Waals surface area (Å²) in [4.78, 5) is 64.6. The quantitative estimate of drug-likeness (QED) is 0.0313. The van der Waals surface area contributed by atoms with Gasteiger partial charge in [0.25, 0.3) is 0 Å². The van der Waals surface area contributed by atoms with E-state index in [2.05, 4.69) is 21.3 Å². The number of aliphatic hydroxyl groups excluding tert-OH is 1. The second-order valence-corrected chi connectivity index (χ2v) is 15.5. The van der Waals surface area contributed by atoms with Gasteiger partial charge in [-0.2, -0.15) is 0 Å². The van der Waals surface area contributed by atoms with E-state index in [4.69, 9.17) is 34.5 Å². The number of hydrogen-bond acceptors (Lipinski definition) is 13. The van der Waals surface area contributed by atoms with Crippen LogP contribution in [0.1, 0.15) is 109 Å². The Morgan fingerprint density at radius 1 is 0.603 bits per heavy atom. The molecular weight excluding hydrogens is 867 g/mol. The monoisotopic (exact) mass is 942 g/mol. The Hall–Kier alpha value is -2.24. The van der Waals surface area contributed by atoms with Crippen molar-refractivity contribution >= 4 is 52.5 Å². The van der Waals surface area contributed by atoms with Crippen molar-refractivity contribution in [2.45, 2.75) is 127 Å². The van der Waals surface area contributed by atoms with Crippen LogP contribution in [0.2, 0.25) is 0 Å². The highest BCUT2D eigenvalue weighted by Crippen LogP contribution is 2.21. The van der Waals surface area contributed by atoms with E-state index in [0.29, 0.717) is 90.9 Å². The number of unbranched alkanes of at least 4 members (excludes halogenated alkanes) is 7. The molecule has 0 aliphatic carbocycles. The molecule has 0 saturated carbocycles. The summed E-state index contributed by atoms with van der Waals surface area (Å²) in [5.74, 6) is -0.671. The van der Waals surface area contributed by atoms with Gasteiger partial charge in [0.15, 0.2) is 0 Å². The standard InChI is InChI=1S/C39H75IN8O10/c40-58-28-32-26-33(49)27-48(32)38(54)13-8-6-4-2-1-3-5-7-12-37(53)47-39(29-55-23-14-34(50)44-20-9-17-41,30-56-24-15-35(51)45-21-10-18-42)31-57-25-16-36(52)46-22-11-19-43/h32-33,49H,1-31,41-43H2,(H,44,50)(H,45,51)(H,46,52)(H,47,53)/t32-,33+/m0/s1. The van der Waals surface area contributed by atoms with Gasteiger partial charge in [0.1, 0.15) is 28.5 Å². The fraction of sp³-hybridized carbons (Fsp3) is 0.872. The van der Waals surface area contributed by atoms with E-state index in [0.717, 1.165) is 44.9 Å². The highest BCUT2D eigenvalue weighted by molar-refractivity contribution is 14.1. The third kappa shape index (κ3) is 27.5. The number of hydrogen-bond donors (Lipinski definition) is 8. The highest BCUT2D eigenvalue weighted by atomic mass is 127. The number of rotatable bonds is 38. The Balaban J connectivity index is 2.68. The van der Waals surface area contributed by atoms with Crippen molar-refractivity contribution in [1.82, 2.24) is 26.2 Å². The van der Waals surface area contributed by atoms with Crippen LogP contribution < -0.4 is 38.5 Å². The molecule has 1 aliphatic heterocycles. The SMILES string of the molecule is NCCCNC(=O)CCOCC(COCCC(=O)NCCCN)(COCCC(=O)NCCCN)NC(=O)CCCCCCCCCCC(=O)N1C[C@H](O)C[C@H]1COI. The summed E-state index contributed by atoms with van der Waals surface area (Å²) < 4.78 is 23.0. The van der Waals surface area contributed by atoms with Gasteiger partial charge in [-0.1, -0.05) is 38.5 Å². The van der Waals surface area contributed by atoms with Crippen LogP contribution in [0.4, 0.5) is 0 Å². The molecule has 0 aromatic carbocycles. The second kappa shape index (κ2) is 35.5. The lowest BCUT2D eigenvalue weighted by molar-refractivity contribution is -0.133. The molecule has 0 aromatic heterocycles. The second-order valence-electron chi connectivity index (χ2n) is 14.9. The minimum Gasteiger partial charge on any atom is -0.391 e. The van der Waals surface area contributed by atoms with Crippen LogP contribution in [0, 0.1) is 0 Å². The zero-order valence-corrected chi connectivity index (χ0v) is 36.9. The van der Waals surface area contributed by atoms with Gasteiger partial charge in [0, 0.05) is 58.3 Å². The van der Waals surface area contributed by atoms with E-state index in [-0.39, 0.29) is 101 Å². The minimum atomic E-state index is -1.15. The van der Waals surface area contributed by atoms with Crippen molar-refractivity contribution in [3.63, 3.8) is 0 Å². The number of nitrogens with two attached hydrogens (primary N) is 3. The number of carbonyl (C=O) groups is 5. The number of halogens is 1. The van der Waals surface area contributed by atoms with E-state index in [1.807, 2.05) is 23.0 Å². The van der Waals surface area contributed by atoms with Crippen LogP contribution in [0.3, 0.4) is 0 Å². The summed E-state index contributed by atoms with van der Waals surface area (Å²) in [6.07, 6.45) is 10.6. The first kappa shape index (κ1) is 53.8. The molecule has 1 aliphatic rings. The first-order valence-corrected chi connectivity index (χ1v) is 22.1. The Morgan fingerprint density at radius 2 is 1.02 bits per heavy atom. The smallest absolute Gasteiger partial charge is 0.222 e. The van der Waals surface area contributed by atoms with Gasteiger partial charge in [0.05, 0.1) is 58.4 Å². The van der Waals surface area contributed by atoms with Crippen molar-refractivity contribution in [3.05, 3.63) is 0 Å². The molecule has 18 nitrogen and oxygen atoms in total. The molecule has 58 heavy (non-hydrogen) atoms. The molecule has 0 bridgehead atoms. The number of nitrogens with zero attached hydrogens (tertiary/aromatic N) is 1. The molecule has 0 radical (unpaired) electrons. The van der Waals surface area contributed by atoms with Crippen LogP contribution in [-0.4, -0.2) is 149 Å². The molecule has 19 heteroatoms. The number of amides is 5. The van der Waals surface area contributed by atoms with Crippen LogP contribution in [0.5, 0.6) is 0 Å². The molecule has 1 heterocycles. The number of aliphatic hydroxyl groups is 1. The fourth-order valence-corrected chi connectivity index (χ4v) is 6.75. The maximum absolute atomic E-state index is 13.4. The summed E-state index contributed by atoms with van der Waals surface area (Å²) in [7, 11) is 0. The number of carbonyl (C=O) groups excluding carboxylic acids is 5. The van der Waals surface area contributed by atoms with Crippen LogP contribution in [-0.2, 0) is 41.2 Å². The molecule has 0 spiro atoms. The Morgan fingerprint density at radius 3 is 1.43 bits per heavy atom. The number of nitrogens with one attached hydrogen (secondary N) is 4. The lowest BCUT2D eigenvalue weighted by Crippen LogP contribution is -2.58. The fourth-order valence-electron chi connectivity index (χ4n) is 6.34. The molecule has 338 valence electrons. The van der Waals surface area contributed by atoms with Gasteiger partial charge in [-0.15, -0.1) is 0 Å². The van der Waals surface area contributed by atoms with E-state index in [1.165, 1.54) is 0 Å². The topological polar surface area (TPSA) is 272 Å². The summed E-state index contributed by atoms with van der Waals surface area (Å²) in [5, 5.41) is 21.4. The number of ether oxygens (including phenoxy) is 3. The molecular formula is C39H75IN8O10. The largest absolute Gasteiger partial charge is 0.391 e. The zero-order chi connectivity index (χ0) is 42.7. The predicted molar refractivity (Wildman–Crippen MR) is 229 cm³/mol. The molecule has 2 atom stereocenters. The molecule has 1 fully saturated rings. The minimum absolute atomic E-state index is 0.0285. The molecule has 11 N–H and O–H groups in total. The first-order chi connectivity index (χ1) is 28.1. The lowest BCUT2D eigenvalue weighted by atomic mass is 10.0. The van der Waals surface area contributed by atoms with E-state index >= 15 is 0 Å². The van der Waals surface area contributed by atoms with Crippen LogP contribution in [0.15, 0.2) is 0 Å².